The minimum atomic E-state index is -0.0609. The zero-order chi connectivity index (χ0) is 20.0. The molecule has 1 aromatic carbocycles. The number of benzene rings is 1. The van der Waals surface area contributed by atoms with E-state index in [0.717, 1.165) is 12.1 Å². The molecule has 0 aliphatic rings. The van der Waals surface area contributed by atoms with Gasteiger partial charge in [-0.05, 0) is 54.7 Å². The van der Waals surface area contributed by atoms with E-state index in [0.29, 0.717) is 16.5 Å². The molecule has 0 radical (unpaired) electrons. The van der Waals surface area contributed by atoms with Crippen LogP contribution >= 0.6 is 11.6 Å². The smallest absolute Gasteiger partial charge is 0.217 e. The van der Waals surface area contributed by atoms with Crippen LogP contribution in [0.4, 0.5) is 0 Å². The van der Waals surface area contributed by atoms with E-state index in [1.807, 2.05) is 49.4 Å². The summed E-state index contributed by atoms with van der Waals surface area (Å²) in [5.41, 5.74) is 2.18. The van der Waals surface area contributed by atoms with Crippen LogP contribution in [-0.4, -0.2) is 16.9 Å². The number of ether oxygens (including phenoxy) is 1. The van der Waals surface area contributed by atoms with Crippen LogP contribution in [0.3, 0.4) is 0 Å². The number of amides is 1. The van der Waals surface area contributed by atoms with Gasteiger partial charge >= 0.3 is 0 Å². The van der Waals surface area contributed by atoms with Gasteiger partial charge in [0.25, 0.3) is 0 Å². The Morgan fingerprint density at radius 2 is 2.04 bits per heavy atom. The Labute approximate surface area is 166 Å². The summed E-state index contributed by atoms with van der Waals surface area (Å²) in [5, 5.41) is 3.38. The third-order valence-corrected chi connectivity index (χ3v) is 4.00. The van der Waals surface area contributed by atoms with Crippen LogP contribution in [0.15, 0.2) is 42.6 Å². The Morgan fingerprint density at radius 1 is 1.30 bits per heavy atom. The summed E-state index contributed by atoms with van der Waals surface area (Å²) in [6.45, 7) is 9.99. The predicted molar refractivity (Wildman–Crippen MR) is 111 cm³/mol. The standard InChI is InChI=1S/C22H27ClN2O2/c1-15(25-16(2)26)6-8-18-9-10-19(14-24-18)27-21-11-7-17(12-20(21)23)13-22(3,4)5/h6-12,14-15H,13H2,1-5H3,(H,25,26)/b8-6+/t15-/m0/s1. The molecule has 0 bridgehead atoms. The molecule has 0 saturated carbocycles. The first-order chi connectivity index (χ1) is 12.6. The SMILES string of the molecule is CC(=O)N[C@@H](C)/C=C/c1ccc(Oc2ccc(CC(C)(C)C)cc2Cl)cn1. The summed E-state index contributed by atoms with van der Waals surface area (Å²) in [6, 6.07) is 9.54. The highest BCUT2D eigenvalue weighted by atomic mass is 35.5. The first-order valence-electron chi connectivity index (χ1n) is 9.00. The number of hydrogen-bond donors (Lipinski definition) is 1. The summed E-state index contributed by atoms with van der Waals surface area (Å²) in [6.07, 6.45) is 6.35. The Bertz CT molecular complexity index is 808. The molecule has 0 saturated heterocycles. The van der Waals surface area contributed by atoms with Gasteiger partial charge in [0.1, 0.15) is 11.5 Å². The molecule has 0 aliphatic heterocycles. The molecule has 27 heavy (non-hydrogen) atoms. The molecule has 1 N–H and O–H groups in total. The van der Waals surface area contributed by atoms with Crippen molar-refractivity contribution in [1.82, 2.24) is 10.3 Å². The molecular formula is C22H27ClN2O2. The van der Waals surface area contributed by atoms with Crippen molar-refractivity contribution in [2.24, 2.45) is 5.41 Å². The van der Waals surface area contributed by atoms with Crippen molar-refractivity contribution in [1.29, 1.82) is 0 Å². The third kappa shape index (κ3) is 7.43. The number of nitrogens with zero attached hydrogens (tertiary/aromatic N) is 1. The maximum Gasteiger partial charge on any atom is 0.217 e. The highest BCUT2D eigenvalue weighted by Crippen LogP contribution is 2.32. The van der Waals surface area contributed by atoms with Gasteiger partial charge in [-0.25, -0.2) is 0 Å². The van der Waals surface area contributed by atoms with Crippen molar-refractivity contribution in [3.8, 4) is 11.5 Å². The quantitative estimate of drug-likeness (QED) is 0.697. The Hall–Kier alpha value is -2.33. The van der Waals surface area contributed by atoms with Gasteiger partial charge in [-0.3, -0.25) is 9.78 Å². The number of pyridine rings is 1. The van der Waals surface area contributed by atoms with Crippen molar-refractivity contribution in [3.63, 3.8) is 0 Å². The van der Waals surface area contributed by atoms with Gasteiger partial charge in [-0.2, -0.15) is 0 Å². The Morgan fingerprint density at radius 3 is 2.59 bits per heavy atom. The van der Waals surface area contributed by atoms with Gasteiger partial charge in [0.2, 0.25) is 5.91 Å². The van der Waals surface area contributed by atoms with E-state index in [9.17, 15) is 4.79 Å². The average Bonchev–Trinajstić information content (AvgIpc) is 2.54. The van der Waals surface area contributed by atoms with Crippen LogP contribution in [0.1, 0.15) is 45.9 Å². The maximum absolute atomic E-state index is 11.0. The molecule has 1 heterocycles. The van der Waals surface area contributed by atoms with E-state index in [-0.39, 0.29) is 17.4 Å². The van der Waals surface area contributed by atoms with Gasteiger partial charge in [0.15, 0.2) is 0 Å². The second kappa shape index (κ2) is 9.05. The molecular weight excluding hydrogens is 360 g/mol. The van der Waals surface area contributed by atoms with E-state index in [1.54, 1.807) is 6.20 Å². The van der Waals surface area contributed by atoms with Crippen molar-refractivity contribution < 1.29 is 9.53 Å². The molecule has 2 aromatic rings. The molecule has 0 unspecified atom stereocenters. The molecule has 2 rings (SSSR count). The lowest BCUT2D eigenvalue weighted by atomic mass is 9.88. The lowest BCUT2D eigenvalue weighted by molar-refractivity contribution is -0.119. The largest absolute Gasteiger partial charge is 0.454 e. The van der Waals surface area contributed by atoms with Gasteiger partial charge in [0, 0.05) is 13.0 Å². The van der Waals surface area contributed by atoms with Crippen molar-refractivity contribution >= 4 is 23.6 Å². The summed E-state index contributed by atoms with van der Waals surface area (Å²) in [4.78, 5) is 15.4. The summed E-state index contributed by atoms with van der Waals surface area (Å²) in [7, 11) is 0. The fourth-order valence-corrected chi connectivity index (χ4v) is 2.88. The van der Waals surface area contributed by atoms with E-state index < -0.39 is 0 Å². The molecule has 4 nitrogen and oxygen atoms in total. The second-order valence-corrected chi connectivity index (χ2v) is 8.28. The first-order valence-corrected chi connectivity index (χ1v) is 9.38. The monoisotopic (exact) mass is 386 g/mol. The van der Waals surface area contributed by atoms with E-state index in [4.69, 9.17) is 16.3 Å². The van der Waals surface area contributed by atoms with Crippen LogP contribution in [-0.2, 0) is 11.2 Å². The average molecular weight is 387 g/mol. The number of aromatic nitrogens is 1. The number of rotatable bonds is 6. The number of halogens is 1. The Balaban J connectivity index is 2.02. The summed E-state index contributed by atoms with van der Waals surface area (Å²) in [5.74, 6) is 1.17. The zero-order valence-corrected chi connectivity index (χ0v) is 17.3. The second-order valence-electron chi connectivity index (χ2n) is 7.87. The molecule has 5 heteroatoms. The Kier molecular flexibility index (Phi) is 7.03. The van der Waals surface area contributed by atoms with Crippen LogP contribution in [0.5, 0.6) is 11.5 Å². The van der Waals surface area contributed by atoms with E-state index in [1.165, 1.54) is 12.5 Å². The normalized spacial score (nSPS) is 12.8. The highest BCUT2D eigenvalue weighted by Gasteiger charge is 2.13. The lowest BCUT2D eigenvalue weighted by Gasteiger charge is -2.18. The molecule has 1 aromatic heterocycles. The molecule has 0 spiro atoms. The number of carbonyl (C=O) groups excluding carboxylic acids is 1. The summed E-state index contributed by atoms with van der Waals surface area (Å²) >= 11 is 6.37. The number of nitrogens with one attached hydrogen (secondary N) is 1. The summed E-state index contributed by atoms with van der Waals surface area (Å²) < 4.78 is 5.85. The molecule has 1 atom stereocenters. The van der Waals surface area contributed by atoms with Crippen LogP contribution in [0.25, 0.3) is 6.08 Å². The number of carbonyl (C=O) groups is 1. The topological polar surface area (TPSA) is 51.2 Å². The van der Waals surface area contributed by atoms with Crippen molar-refractivity contribution in [3.05, 3.63) is 58.9 Å². The van der Waals surface area contributed by atoms with Gasteiger partial charge in [-0.1, -0.05) is 44.5 Å². The van der Waals surface area contributed by atoms with Gasteiger partial charge < -0.3 is 10.1 Å². The minimum absolute atomic E-state index is 0.0503. The van der Waals surface area contributed by atoms with Crippen LogP contribution in [0, 0.1) is 5.41 Å². The van der Waals surface area contributed by atoms with E-state index in [2.05, 4.69) is 31.1 Å². The van der Waals surface area contributed by atoms with E-state index >= 15 is 0 Å². The molecule has 0 fully saturated rings. The van der Waals surface area contributed by atoms with Crippen LogP contribution < -0.4 is 10.1 Å². The van der Waals surface area contributed by atoms with Crippen molar-refractivity contribution in [2.75, 3.05) is 0 Å². The fraction of sp³-hybridized carbons (Fsp3) is 0.364. The maximum atomic E-state index is 11.0. The molecule has 0 aliphatic carbocycles. The predicted octanol–water partition coefficient (Wildman–Crippen LogP) is 5.65. The van der Waals surface area contributed by atoms with Gasteiger partial charge in [-0.15, -0.1) is 0 Å². The van der Waals surface area contributed by atoms with Crippen LogP contribution in [0.2, 0.25) is 5.02 Å². The molecule has 1 amide bonds. The number of hydrogen-bond acceptors (Lipinski definition) is 3. The minimum Gasteiger partial charge on any atom is -0.454 e. The lowest BCUT2D eigenvalue weighted by Crippen LogP contribution is -2.28. The van der Waals surface area contributed by atoms with Crippen molar-refractivity contribution in [2.45, 2.75) is 47.1 Å². The molecule has 144 valence electrons. The fourth-order valence-electron chi connectivity index (χ4n) is 2.64. The van der Waals surface area contributed by atoms with Gasteiger partial charge in [0.05, 0.1) is 16.9 Å². The zero-order valence-electron chi connectivity index (χ0n) is 16.5. The third-order valence-electron chi connectivity index (χ3n) is 3.70. The highest BCUT2D eigenvalue weighted by molar-refractivity contribution is 6.32. The first kappa shape index (κ1) is 21.0.